The second-order valence-corrected chi connectivity index (χ2v) is 6.46. The van der Waals surface area contributed by atoms with E-state index in [-0.39, 0.29) is 11.8 Å². The van der Waals surface area contributed by atoms with Gasteiger partial charge in [-0.1, -0.05) is 18.5 Å². The fraction of sp³-hybridized carbons (Fsp3) is 0.455. The molecular weight excluding hydrogens is 274 g/mol. The molecule has 98 valence electrons. The first kappa shape index (κ1) is 13.3. The van der Waals surface area contributed by atoms with Crippen LogP contribution in [-0.4, -0.2) is 30.2 Å². The number of hydrogen-bond donors (Lipinski definition) is 1. The van der Waals surface area contributed by atoms with Crippen LogP contribution in [0.25, 0.3) is 0 Å². The monoisotopic (exact) mass is 287 g/mol. The molecule has 0 spiro atoms. The molecule has 0 aromatic carbocycles. The second kappa shape index (κ2) is 4.85. The van der Waals surface area contributed by atoms with Crippen molar-refractivity contribution in [3.05, 3.63) is 28.0 Å². The molecule has 0 bridgehead atoms. The van der Waals surface area contributed by atoms with Crippen molar-refractivity contribution < 1.29 is 8.42 Å². The molecule has 1 aliphatic heterocycles. The fourth-order valence-corrected chi connectivity index (χ4v) is 3.09. The van der Waals surface area contributed by atoms with E-state index >= 15 is 0 Å². The molecule has 0 fully saturated rings. The summed E-state index contributed by atoms with van der Waals surface area (Å²) < 4.78 is 22.6. The molecule has 1 unspecified atom stereocenters. The predicted octanol–water partition coefficient (Wildman–Crippen LogP) is 1.72. The fourth-order valence-electron chi connectivity index (χ4n) is 1.67. The van der Waals surface area contributed by atoms with E-state index in [1.165, 1.54) is 5.41 Å². The summed E-state index contributed by atoms with van der Waals surface area (Å²) >= 11 is 6.01. The zero-order valence-corrected chi connectivity index (χ0v) is 11.7. The van der Waals surface area contributed by atoms with E-state index in [1.807, 2.05) is 6.92 Å². The van der Waals surface area contributed by atoms with Crippen LogP contribution in [0, 0.1) is 6.92 Å². The van der Waals surface area contributed by atoms with Gasteiger partial charge in [-0.05, 0) is 13.0 Å². The summed E-state index contributed by atoms with van der Waals surface area (Å²) in [7, 11) is -3.07. The molecule has 1 N–H and O–H groups in total. The van der Waals surface area contributed by atoms with E-state index in [0.717, 1.165) is 5.56 Å². The Morgan fingerprint density at radius 3 is 2.78 bits per heavy atom. The van der Waals surface area contributed by atoms with Crippen molar-refractivity contribution in [3.8, 4) is 0 Å². The lowest BCUT2D eigenvalue weighted by Crippen LogP contribution is -2.22. The van der Waals surface area contributed by atoms with E-state index < -0.39 is 9.84 Å². The summed E-state index contributed by atoms with van der Waals surface area (Å²) in [6, 6.07) is -0.260. The minimum absolute atomic E-state index is 0.0511. The number of sulfone groups is 1. The highest BCUT2D eigenvalue weighted by molar-refractivity contribution is 7.94. The van der Waals surface area contributed by atoms with Gasteiger partial charge in [0.05, 0.1) is 11.8 Å². The Balaban J connectivity index is 2.25. The van der Waals surface area contributed by atoms with Crippen LogP contribution in [0.4, 0.5) is 5.82 Å². The van der Waals surface area contributed by atoms with Crippen molar-refractivity contribution in [1.29, 1.82) is 0 Å². The van der Waals surface area contributed by atoms with Crippen LogP contribution in [0.15, 0.2) is 11.5 Å². The Kier molecular flexibility index (Phi) is 3.59. The summed E-state index contributed by atoms with van der Waals surface area (Å²) in [6.07, 6.45) is 2.30. The number of halogens is 1. The van der Waals surface area contributed by atoms with E-state index in [9.17, 15) is 8.42 Å². The topological polar surface area (TPSA) is 72.0 Å². The first-order valence-corrected chi connectivity index (χ1v) is 7.71. The van der Waals surface area contributed by atoms with Crippen LogP contribution in [0.5, 0.6) is 0 Å². The van der Waals surface area contributed by atoms with E-state index in [1.54, 1.807) is 13.0 Å². The number of hydrogen-bond acceptors (Lipinski definition) is 5. The van der Waals surface area contributed by atoms with Crippen LogP contribution in [-0.2, 0) is 16.3 Å². The van der Waals surface area contributed by atoms with Gasteiger partial charge in [-0.25, -0.2) is 18.4 Å². The van der Waals surface area contributed by atoms with Gasteiger partial charge in [-0.15, -0.1) is 0 Å². The molecule has 1 aromatic heterocycles. The molecule has 18 heavy (non-hydrogen) atoms. The van der Waals surface area contributed by atoms with Gasteiger partial charge in [0, 0.05) is 17.4 Å². The average Bonchev–Trinajstić information content (AvgIpc) is 2.64. The van der Waals surface area contributed by atoms with Gasteiger partial charge in [0.1, 0.15) is 16.8 Å². The van der Waals surface area contributed by atoms with E-state index in [4.69, 9.17) is 11.6 Å². The lowest BCUT2D eigenvalue weighted by atomic mass is 10.3. The maximum Gasteiger partial charge on any atom is 0.173 e. The molecule has 0 saturated heterocycles. The molecule has 1 aromatic rings. The number of rotatable bonds is 3. The normalized spacial score (nSPS) is 21.2. The highest BCUT2D eigenvalue weighted by Gasteiger charge is 2.22. The van der Waals surface area contributed by atoms with Crippen LogP contribution >= 0.6 is 11.6 Å². The minimum atomic E-state index is -3.07. The molecule has 0 radical (unpaired) electrons. The van der Waals surface area contributed by atoms with Crippen LogP contribution in [0.2, 0.25) is 5.15 Å². The third-order valence-corrected chi connectivity index (χ3v) is 4.46. The predicted molar refractivity (Wildman–Crippen MR) is 71.5 cm³/mol. The lowest BCUT2D eigenvalue weighted by Gasteiger charge is -2.14. The van der Waals surface area contributed by atoms with Gasteiger partial charge in [0.15, 0.2) is 9.84 Å². The second-order valence-electron chi connectivity index (χ2n) is 4.17. The zero-order valence-electron chi connectivity index (χ0n) is 10.1. The van der Waals surface area contributed by atoms with E-state index in [2.05, 4.69) is 15.3 Å². The molecule has 7 heteroatoms. The zero-order chi connectivity index (χ0) is 13.3. The summed E-state index contributed by atoms with van der Waals surface area (Å²) in [4.78, 5) is 8.46. The third-order valence-electron chi connectivity index (χ3n) is 2.70. The first-order valence-electron chi connectivity index (χ1n) is 5.62. The Morgan fingerprint density at radius 2 is 2.22 bits per heavy atom. The van der Waals surface area contributed by atoms with Crippen molar-refractivity contribution >= 4 is 27.3 Å². The summed E-state index contributed by atoms with van der Waals surface area (Å²) in [5.41, 5.74) is 0.728. The Hall–Kier alpha value is -1.14. The Morgan fingerprint density at radius 1 is 1.50 bits per heavy atom. The van der Waals surface area contributed by atoms with Crippen LogP contribution in [0.3, 0.4) is 0 Å². The van der Waals surface area contributed by atoms with Gasteiger partial charge in [0.2, 0.25) is 0 Å². The molecule has 1 atom stereocenters. The van der Waals surface area contributed by atoms with Crippen molar-refractivity contribution in [2.75, 3.05) is 11.1 Å². The molecule has 0 saturated carbocycles. The minimum Gasteiger partial charge on any atom is -0.362 e. The highest BCUT2D eigenvalue weighted by Crippen LogP contribution is 2.22. The number of aryl methyl sites for hydroxylation is 1. The maximum atomic E-state index is 11.3. The number of nitrogens with one attached hydrogen (secondary N) is 1. The molecular formula is C11H14ClN3O2S. The Labute approximate surface area is 111 Å². The Bertz CT molecular complexity index is 599. The van der Waals surface area contributed by atoms with Crippen LogP contribution in [0.1, 0.15) is 18.3 Å². The first-order chi connectivity index (χ1) is 8.41. The third kappa shape index (κ3) is 2.81. The van der Waals surface area contributed by atoms with Gasteiger partial charge >= 0.3 is 0 Å². The maximum absolute atomic E-state index is 11.3. The van der Waals surface area contributed by atoms with Crippen LogP contribution < -0.4 is 5.32 Å². The molecule has 0 aliphatic carbocycles. The quantitative estimate of drug-likeness (QED) is 0.857. The smallest absolute Gasteiger partial charge is 0.173 e. The van der Waals surface area contributed by atoms with Gasteiger partial charge in [0.25, 0.3) is 0 Å². The lowest BCUT2D eigenvalue weighted by molar-refractivity contribution is 0.605. The summed E-state index contributed by atoms with van der Waals surface area (Å²) in [6.45, 7) is 3.74. The SMILES string of the molecule is CCc1nc(Cl)c(C)c(NC2C=CS(=O)(=O)C2)n1. The number of aromatic nitrogens is 2. The number of anilines is 1. The number of nitrogens with zero attached hydrogens (tertiary/aromatic N) is 2. The van der Waals surface area contributed by atoms with E-state index in [0.29, 0.717) is 23.2 Å². The largest absolute Gasteiger partial charge is 0.362 e. The molecule has 2 heterocycles. The highest BCUT2D eigenvalue weighted by atomic mass is 35.5. The molecule has 0 amide bonds. The van der Waals surface area contributed by atoms with Crippen molar-refractivity contribution in [2.24, 2.45) is 0 Å². The standard InChI is InChI=1S/C11H14ClN3O2S/c1-3-9-14-10(12)7(2)11(15-9)13-8-4-5-18(16,17)6-8/h4-5,8H,3,6H2,1-2H3,(H,13,14,15). The van der Waals surface area contributed by atoms with Gasteiger partial charge < -0.3 is 5.32 Å². The summed E-state index contributed by atoms with van der Waals surface area (Å²) in [5, 5.41) is 4.70. The molecule has 2 rings (SSSR count). The van der Waals surface area contributed by atoms with Gasteiger partial charge in [-0.3, -0.25) is 0 Å². The molecule has 5 nitrogen and oxygen atoms in total. The molecule has 1 aliphatic rings. The average molecular weight is 288 g/mol. The van der Waals surface area contributed by atoms with Crippen molar-refractivity contribution in [1.82, 2.24) is 9.97 Å². The van der Waals surface area contributed by atoms with Gasteiger partial charge in [-0.2, -0.15) is 0 Å². The van der Waals surface area contributed by atoms with Crippen molar-refractivity contribution in [2.45, 2.75) is 26.3 Å². The van der Waals surface area contributed by atoms with Crippen molar-refractivity contribution in [3.63, 3.8) is 0 Å². The summed E-state index contributed by atoms with van der Waals surface area (Å²) in [5.74, 6) is 1.28.